The van der Waals surface area contributed by atoms with Gasteiger partial charge in [0.15, 0.2) is 11.9 Å². The fourth-order valence-corrected chi connectivity index (χ4v) is 2.87. The van der Waals surface area contributed by atoms with Gasteiger partial charge >= 0.3 is 0 Å². The Hall–Kier alpha value is 0.0800. The molecule has 0 radical (unpaired) electrons. The van der Waals surface area contributed by atoms with Gasteiger partial charge in [0.2, 0.25) is 0 Å². The Morgan fingerprint density at radius 2 is 2.43 bits per heavy atom. The molecule has 0 aromatic carbocycles. The molecule has 0 bridgehead atoms. The number of rotatable bonds is 2. The second-order valence-corrected chi connectivity index (χ2v) is 6.35. The lowest BCUT2D eigenvalue weighted by Crippen LogP contribution is -1.97. The van der Waals surface area contributed by atoms with Crippen LogP contribution in [0, 0.1) is 2.88 Å². The monoisotopic (exact) mass is 385 g/mol. The summed E-state index contributed by atoms with van der Waals surface area (Å²) >= 11 is 6.90. The van der Waals surface area contributed by atoms with Crippen molar-refractivity contribution in [2.24, 2.45) is 0 Å². The first-order chi connectivity index (χ1) is 6.68. The minimum atomic E-state index is -0.784. The zero-order chi connectivity index (χ0) is 10.1. The predicted octanol–water partition coefficient (Wildman–Crippen LogP) is 3.18. The molecule has 74 valence electrons. The molecule has 3 nitrogen and oxygen atoms in total. The van der Waals surface area contributed by atoms with Crippen molar-refractivity contribution in [3.8, 4) is 0 Å². The summed E-state index contributed by atoms with van der Waals surface area (Å²) in [5.41, 5.74) is 0. The van der Waals surface area contributed by atoms with Crippen LogP contribution >= 0.6 is 49.9 Å². The summed E-state index contributed by atoms with van der Waals surface area (Å²) in [5, 5.41) is 10.5. The minimum Gasteiger partial charge on any atom is -0.465 e. The normalized spacial score (nSPS) is 13.1. The molecule has 0 aliphatic rings. The summed E-state index contributed by atoms with van der Waals surface area (Å²) in [5.74, 6) is 0.496. The number of thiazole rings is 1. The van der Waals surface area contributed by atoms with Gasteiger partial charge in [-0.1, -0.05) is 0 Å². The topological polar surface area (TPSA) is 46.3 Å². The number of hydrogen-bond donors (Lipinski definition) is 1. The Bertz CT molecular complexity index is 442. The lowest BCUT2D eigenvalue weighted by atomic mass is 10.3. The van der Waals surface area contributed by atoms with E-state index in [9.17, 15) is 5.11 Å². The van der Waals surface area contributed by atoms with Gasteiger partial charge in [-0.3, -0.25) is 0 Å². The molecule has 2 aromatic heterocycles. The molecule has 1 unspecified atom stereocenters. The van der Waals surface area contributed by atoms with E-state index in [2.05, 4.69) is 43.5 Å². The number of aromatic nitrogens is 1. The first-order valence-corrected chi connectivity index (χ1v) is 6.39. The van der Waals surface area contributed by atoms with E-state index in [-0.39, 0.29) is 0 Å². The van der Waals surface area contributed by atoms with Gasteiger partial charge in [-0.15, -0.1) is 11.3 Å². The predicted molar refractivity (Wildman–Crippen MR) is 65.3 cm³/mol. The van der Waals surface area contributed by atoms with Crippen molar-refractivity contribution in [1.82, 2.24) is 4.98 Å². The molecule has 0 spiro atoms. The van der Waals surface area contributed by atoms with Crippen molar-refractivity contribution in [3.05, 3.63) is 36.7 Å². The molecule has 0 aliphatic carbocycles. The smallest absolute Gasteiger partial charge is 0.164 e. The summed E-state index contributed by atoms with van der Waals surface area (Å²) in [6.07, 6.45) is 2.47. The van der Waals surface area contributed by atoms with E-state index in [1.807, 2.05) is 0 Å². The van der Waals surface area contributed by atoms with Gasteiger partial charge in [0.05, 0.1) is 19.8 Å². The van der Waals surface area contributed by atoms with Crippen molar-refractivity contribution in [3.63, 3.8) is 0 Å². The Morgan fingerprint density at radius 1 is 1.64 bits per heavy atom. The van der Waals surface area contributed by atoms with Crippen LogP contribution in [0.1, 0.15) is 16.9 Å². The van der Waals surface area contributed by atoms with Crippen molar-refractivity contribution >= 4 is 49.9 Å². The number of halogens is 2. The summed E-state index contributed by atoms with van der Waals surface area (Å²) in [6, 6.07) is 1.75. The highest BCUT2D eigenvalue weighted by molar-refractivity contribution is 14.1. The van der Waals surface area contributed by atoms with E-state index in [0.29, 0.717) is 10.8 Å². The zero-order valence-corrected chi connectivity index (χ0v) is 11.3. The second-order valence-electron chi connectivity index (χ2n) is 2.54. The quantitative estimate of drug-likeness (QED) is 0.807. The number of nitrogens with zero attached hydrogens (tertiary/aromatic N) is 1. The highest BCUT2D eigenvalue weighted by Crippen LogP contribution is 2.31. The fraction of sp³-hybridized carbons (Fsp3) is 0.125. The van der Waals surface area contributed by atoms with E-state index < -0.39 is 6.10 Å². The molecule has 14 heavy (non-hydrogen) atoms. The molecular weight excluding hydrogens is 381 g/mol. The van der Waals surface area contributed by atoms with Crippen LogP contribution in [0.4, 0.5) is 0 Å². The van der Waals surface area contributed by atoms with Crippen molar-refractivity contribution < 1.29 is 9.52 Å². The van der Waals surface area contributed by atoms with E-state index in [1.165, 1.54) is 17.6 Å². The lowest BCUT2D eigenvalue weighted by molar-refractivity contribution is 0.188. The highest BCUT2D eigenvalue weighted by atomic mass is 127. The highest BCUT2D eigenvalue weighted by Gasteiger charge is 2.19. The molecule has 2 rings (SSSR count). The van der Waals surface area contributed by atoms with Gasteiger partial charge in [-0.25, -0.2) is 4.98 Å². The van der Waals surface area contributed by atoms with Crippen molar-refractivity contribution in [2.75, 3.05) is 0 Å². The average molecular weight is 386 g/mol. The lowest BCUT2D eigenvalue weighted by Gasteiger charge is -2.03. The van der Waals surface area contributed by atoms with E-state index in [0.717, 1.165) is 7.36 Å². The van der Waals surface area contributed by atoms with Gasteiger partial charge in [0.25, 0.3) is 0 Å². The van der Waals surface area contributed by atoms with Crippen molar-refractivity contribution in [1.29, 1.82) is 0 Å². The summed E-state index contributed by atoms with van der Waals surface area (Å²) in [7, 11) is 0. The van der Waals surface area contributed by atoms with Crippen LogP contribution in [0.15, 0.2) is 27.4 Å². The maximum absolute atomic E-state index is 9.90. The Kier molecular flexibility index (Phi) is 3.25. The molecule has 2 heterocycles. The Balaban J connectivity index is 2.33. The largest absolute Gasteiger partial charge is 0.465 e. The number of aliphatic hydroxyl groups is 1. The van der Waals surface area contributed by atoms with Gasteiger partial charge < -0.3 is 9.52 Å². The third-order valence-electron chi connectivity index (χ3n) is 1.62. The average Bonchev–Trinajstić information content (AvgIpc) is 2.73. The van der Waals surface area contributed by atoms with Crippen LogP contribution < -0.4 is 0 Å². The van der Waals surface area contributed by atoms with Crippen LogP contribution in [0.3, 0.4) is 0 Å². The summed E-state index contributed by atoms with van der Waals surface area (Å²) in [4.78, 5) is 4.09. The SMILES string of the molecule is OC(c1ncc(I)s1)c1occc1Br. The molecule has 0 fully saturated rings. The minimum absolute atomic E-state index is 0.496. The van der Waals surface area contributed by atoms with Crippen LogP contribution in [0.2, 0.25) is 0 Å². The van der Waals surface area contributed by atoms with Gasteiger partial charge in [-0.05, 0) is 44.6 Å². The van der Waals surface area contributed by atoms with Crippen LogP contribution in [0.25, 0.3) is 0 Å². The first kappa shape index (κ1) is 10.6. The maximum Gasteiger partial charge on any atom is 0.164 e. The molecule has 0 aliphatic heterocycles. The van der Waals surface area contributed by atoms with Gasteiger partial charge in [0.1, 0.15) is 5.01 Å². The van der Waals surface area contributed by atoms with Crippen molar-refractivity contribution in [2.45, 2.75) is 6.10 Å². The van der Waals surface area contributed by atoms with E-state index in [1.54, 1.807) is 12.3 Å². The number of hydrogen-bond acceptors (Lipinski definition) is 4. The number of aliphatic hydroxyl groups excluding tert-OH is 1. The molecule has 2 aromatic rings. The molecule has 1 atom stereocenters. The number of furan rings is 1. The van der Waals surface area contributed by atoms with E-state index >= 15 is 0 Å². The molecule has 1 N–H and O–H groups in total. The summed E-state index contributed by atoms with van der Waals surface area (Å²) < 4.78 is 6.96. The van der Waals surface area contributed by atoms with Crippen LogP contribution in [0.5, 0.6) is 0 Å². The Labute approximate surface area is 106 Å². The first-order valence-electron chi connectivity index (χ1n) is 3.70. The third-order valence-corrected chi connectivity index (χ3v) is 4.05. The van der Waals surface area contributed by atoms with Crippen LogP contribution in [-0.2, 0) is 0 Å². The zero-order valence-electron chi connectivity index (χ0n) is 6.78. The molecular formula is C8H5BrINO2S. The molecule has 6 heteroatoms. The van der Waals surface area contributed by atoms with Gasteiger partial charge in [0, 0.05) is 0 Å². The fourth-order valence-electron chi connectivity index (χ4n) is 1.01. The standard InChI is InChI=1S/C8H5BrINO2S/c9-4-1-2-13-7(4)6(12)8-11-3-5(10)14-8/h1-3,6,12H. The Morgan fingerprint density at radius 3 is 2.93 bits per heavy atom. The molecule has 0 amide bonds. The van der Waals surface area contributed by atoms with E-state index in [4.69, 9.17) is 4.42 Å². The molecule has 0 saturated heterocycles. The second kappa shape index (κ2) is 4.30. The third kappa shape index (κ3) is 2.02. The summed E-state index contributed by atoms with van der Waals surface area (Å²) in [6.45, 7) is 0. The van der Waals surface area contributed by atoms with Crippen LogP contribution in [-0.4, -0.2) is 10.1 Å². The van der Waals surface area contributed by atoms with Gasteiger partial charge in [-0.2, -0.15) is 0 Å². The molecule has 0 saturated carbocycles. The maximum atomic E-state index is 9.90.